The monoisotopic (exact) mass is 762 g/mol. The van der Waals surface area contributed by atoms with Crippen molar-refractivity contribution in [2.24, 2.45) is 11.8 Å². The summed E-state index contributed by atoms with van der Waals surface area (Å²) >= 11 is 0. The number of likely N-dealkylation sites (tertiary alicyclic amines) is 2. The van der Waals surface area contributed by atoms with Crippen molar-refractivity contribution in [2.45, 2.75) is 77.5 Å². The summed E-state index contributed by atoms with van der Waals surface area (Å²) in [5.74, 6) is 7.04. The second-order valence-electron chi connectivity index (χ2n) is 15.1. The highest BCUT2D eigenvalue weighted by atomic mass is 16.5. The molecule has 2 aliphatic heterocycles. The number of aromatic amines is 2. The van der Waals surface area contributed by atoms with Crippen LogP contribution < -0.4 is 5.32 Å². The molecule has 2 aliphatic rings. The Kier molecular flexibility index (Phi) is 12.1. The Morgan fingerprint density at radius 3 is 1.93 bits per heavy atom. The number of carbonyl (C=O) groups is 4. The largest absolute Gasteiger partial charge is 0.465 e. The number of nitrogens with zero attached hydrogens (tertiary/aromatic N) is 5. The molecule has 4 atom stereocenters. The van der Waals surface area contributed by atoms with Crippen LogP contribution in [0.4, 0.5) is 9.59 Å². The molecule has 294 valence electrons. The predicted octanol–water partition coefficient (Wildman–Crippen LogP) is 6.21. The summed E-state index contributed by atoms with van der Waals surface area (Å²) in [6, 6.07) is 14.2. The van der Waals surface area contributed by atoms with Gasteiger partial charge in [-0.3, -0.25) is 14.5 Å². The number of hydrogen-bond donors (Lipinski definition) is 4. The third-order valence-electron chi connectivity index (χ3n) is 10.6. The van der Waals surface area contributed by atoms with Gasteiger partial charge in [0, 0.05) is 43.7 Å². The van der Waals surface area contributed by atoms with Gasteiger partial charge in [-0.15, -0.1) is 0 Å². The highest BCUT2D eigenvalue weighted by molar-refractivity contribution is 5.87. The van der Waals surface area contributed by atoms with E-state index in [2.05, 4.69) is 27.1 Å². The summed E-state index contributed by atoms with van der Waals surface area (Å²) in [5, 5.41) is 12.2. The molecule has 4 heterocycles. The topological polar surface area (TPSA) is 177 Å². The van der Waals surface area contributed by atoms with Crippen molar-refractivity contribution >= 4 is 24.0 Å². The number of amides is 4. The van der Waals surface area contributed by atoms with Crippen molar-refractivity contribution in [3.05, 3.63) is 83.8 Å². The average molecular weight is 763 g/mol. The minimum Gasteiger partial charge on any atom is -0.465 e. The lowest BCUT2D eigenvalue weighted by atomic mass is 10.0. The van der Waals surface area contributed by atoms with E-state index in [9.17, 15) is 24.3 Å². The van der Waals surface area contributed by atoms with Crippen LogP contribution in [-0.4, -0.2) is 103 Å². The second kappa shape index (κ2) is 17.1. The fourth-order valence-electron chi connectivity index (χ4n) is 7.64. The van der Waals surface area contributed by atoms with E-state index in [1.807, 2.05) is 82.4 Å². The number of benzene rings is 2. The second-order valence-corrected chi connectivity index (χ2v) is 15.1. The number of ether oxygens (including phenoxy) is 1. The molecule has 0 saturated carbocycles. The van der Waals surface area contributed by atoms with E-state index >= 15 is 0 Å². The molecular weight excluding hydrogens is 713 g/mol. The Morgan fingerprint density at radius 1 is 0.804 bits per heavy atom. The molecule has 4 amide bonds. The van der Waals surface area contributed by atoms with Crippen molar-refractivity contribution in [3.8, 4) is 34.2 Å². The van der Waals surface area contributed by atoms with Crippen molar-refractivity contribution in [3.63, 3.8) is 0 Å². The zero-order valence-electron chi connectivity index (χ0n) is 32.7. The smallest absolute Gasteiger partial charge is 0.407 e. The Labute approximate surface area is 327 Å². The summed E-state index contributed by atoms with van der Waals surface area (Å²) in [6.45, 7) is 8.63. The molecule has 2 aromatic carbocycles. The normalized spacial score (nSPS) is 17.7. The number of nitrogens with one attached hydrogen (secondary N) is 3. The third kappa shape index (κ3) is 8.57. The van der Waals surface area contributed by atoms with E-state index in [-0.39, 0.29) is 35.7 Å². The lowest BCUT2D eigenvalue weighted by molar-refractivity contribution is -0.138. The van der Waals surface area contributed by atoms with Crippen LogP contribution in [0.3, 0.4) is 0 Å². The molecule has 2 saturated heterocycles. The Hall–Kier alpha value is -6.10. The standard InChI is InChI=1S/C42H50N8O6/c1-25(2)35(47-41(53)56-6)39(51)49-21-7-9-33(49)37-43-23-31(45-37)20-13-27-11-14-28(15-12-27)29-16-18-30(19-17-29)32-24-44-38(46-32)34-10-8-22-50(34)40(52)36(26(3)4)48(5)42(54)55/h11-12,14-19,23-26,33-36H,7-10,21-22H2,1-6H3,(H,43,45)(H,44,46)(H,47,53)(H,54,55)/t33-,34-,35-,36-/m0/s1. The first kappa shape index (κ1) is 39.6. The van der Waals surface area contributed by atoms with Gasteiger partial charge < -0.3 is 34.9 Å². The molecule has 4 aromatic rings. The number of carboxylic acid groups (broad SMARTS) is 1. The van der Waals surface area contributed by atoms with Crippen LogP contribution in [0.25, 0.3) is 22.4 Å². The fraction of sp³-hybridized carbons (Fsp3) is 0.429. The van der Waals surface area contributed by atoms with Gasteiger partial charge in [0.15, 0.2) is 0 Å². The lowest BCUT2D eigenvalue weighted by Gasteiger charge is -2.33. The summed E-state index contributed by atoms with van der Waals surface area (Å²) in [4.78, 5) is 71.3. The molecule has 0 spiro atoms. The number of methoxy groups -OCH3 is 1. The quantitative estimate of drug-likeness (QED) is 0.138. The first-order valence-electron chi connectivity index (χ1n) is 19.1. The summed E-state index contributed by atoms with van der Waals surface area (Å²) in [5.41, 5.74) is 5.17. The summed E-state index contributed by atoms with van der Waals surface area (Å²) < 4.78 is 4.73. The van der Waals surface area contributed by atoms with Gasteiger partial charge in [0.2, 0.25) is 11.8 Å². The van der Waals surface area contributed by atoms with Gasteiger partial charge in [-0.25, -0.2) is 19.6 Å². The highest BCUT2D eigenvalue weighted by Crippen LogP contribution is 2.34. The van der Waals surface area contributed by atoms with Gasteiger partial charge >= 0.3 is 12.2 Å². The van der Waals surface area contributed by atoms with E-state index in [4.69, 9.17) is 14.7 Å². The minimum absolute atomic E-state index is 0.113. The molecule has 4 N–H and O–H groups in total. The van der Waals surface area contributed by atoms with Crippen LogP contribution in [0, 0.1) is 23.7 Å². The third-order valence-corrected chi connectivity index (χ3v) is 10.6. The maximum absolute atomic E-state index is 13.6. The van der Waals surface area contributed by atoms with Crippen molar-refractivity contribution in [2.75, 3.05) is 27.2 Å². The maximum Gasteiger partial charge on any atom is 0.407 e. The number of imidazole rings is 2. The molecule has 6 rings (SSSR count). The van der Waals surface area contributed by atoms with Crippen molar-refractivity contribution in [1.82, 2.24) is 40.0 Å². The molecular formula is C42H50N8O6. The number of alkyl carbamates (subject to hydrolysis) is 1. The molecule has 0 unspecified atom stereocenters. The van der Waals surface area contributed by atoms with Gasteiger partial charge in [-0.2, -0.15) is 0 Å². The number of carbonyl (C=O) groups excluding carboxylic acids is 3. The van der Waals surface area contributed by atoms with Crippen LogP contribution in [0.15, 0.2) is 60.9 Å². The molecule has 2 fully saturated rings. The van der Waals surface area contributed by atoms with Crippen LogP contribution in [0.2, 0.25) is 0 Å². The molecule has 0 radical (unpaired) electrons. The van der Waals surface area contributed by atoms with Crippen LogP contribution in [-0.2, 0) is 14.3 Å². The summed E-state index contributed by atoms with van der Waals surface area (Å²) in [6.07, 6.45) is 5.00. The van der Waals surface area contributed by atoms with E-state index in [1.165, 1.54) is 14.2 Å². The van der Waals surface area contributed by atoms with Crippen LogP contribution in [0.5, 0.6) is 0 Å². The first-order valence-corrected chi connectivity index (χ1v) is 19.1. The first-order chi connectivity index (χ1) is 26.9. The fourth-order valence-corrected chi connectivity index (χ4v) is 7.64. The van der Waals surface area contributed by atoms with Crippen molar-refractivity contribution in [1.29, 1.82) is 0 Å². The van der Waals surface area contributed by atoms with Gasteiger partial charge in [-0.1, -0.05) is 70.0 Å². The molecule has 0 bridgehead atoms. The Bertz CT molecular complexity index is 2090. The highest BCUT2D eigenvalue weighted by Gasteiger charge is 2.40. The molecule has 14 nitrogen and oxygen atoms in total. The SMILES string of the molecule is COC(=O)N[C@H](C(=O)N1CCC[C@H]1c1nc(C#Cc2ccc(-c3ccc(-c4c[nH]c([C@@H]5CCCN5C(=O)[C@H](C(C)C)N(C)C(=O)O)n4)cc3)cc2)c[nH]1)C(C)C. The van der Waals surface area contributed by atoms with Gasteiger partial charge in [-0.05, 0) is 66.7 Å². The average Bonchev–Trinajstić information content (AvgIpc) is 4.02. The zero-order chi connectivity index (χ0) is 40.1. The Morgan fingerprint density at radius 2 is 1.36 bits per heavy atom. The Balaban J connectivity index is 1.08. The molecule has 56 heavy (non-hydrogen) atoms. The van der Waals surface area contributed by atoms with Crippen molar-refractivity contribution < 1.29 is 29.0 Å². The molecule has 2 aromatic heterocycles. The van der Waals surface area contributed by atoms with E-state index < -0.39 is 24.3 Å². The van der Waals surface area contributed by atoms with Gasteiger partial charge in [0.1, 0.15) is 29.4 Å². The van der Waals surface area contributed by atoms with E-state index in [0.717, 1.165) is 58.5 Å². The minimum atomic E-state index is -1.13. The lowest BCUT2D eigenvalue weighted by Crippen LogP contribution is -2.51. The maximum atomic E-state index is 13.6. The number of aromatic nitrogens is 4. The van der Waals surface area contributed by atoms with Crippen LogP contribution >= 0.6 is 0 Å². The zero-order valence-corrected chi connectivity index (χ0v) is 32.7. The molecule has 14 heteroatoms. The number of rotatable bonds is 10. The van der Waals surface area contributed by atoms with E-state index in [1.54, 1.807) is 16.0 Å². The number of likely N-dealkylation sites (N-methyl/N-ethyl adjacent to an activating group) is 1. The van der Waals surface area contributed by atoms with Gasteiger partial charge in [0.25, 0.3) is 0 Å². The number of H-pyrrole nitrogens is 2. The molecule has 0 aliphatic carbocycles. The predicted molar refractivity (Wildman–Crippen MR) is 210 cm³/mol. The van der Waals surface area contributed by atoms with E-state index in [0.29, 0.717) is 30.4 Å². The number of hydrogen-bond acceptors (Lipinski definition) is 7. The van der Waals surface area contributed by atoms with Crippen LogP contribution in [0.1, 0.15) is 88.4 Å². The summed E-state index contributed by atoms with van der Waals surface area (Å²) in [7, 11) is 2.73. The van der Waals surface area contributed by atoms with Gasteiger partial charge in [0.05, 0.1) is 24.9 Å².